The highest BCUT2D eigenvalue weighted by molar-refractivity contribution is 6.16. The van der Waals surface area contributed by atoms with Gasteiger partial charge in [-0.25, -0.2) is 0 Å². The molecule has 20 heavy (non-hydrogen) atoms. The number of methoxy groups -OCH3 is 1. The van der Waals surface area contributed by atoms with Crippen LogP contribution in [-0.2, 0) is 22.6 Å². The van der Waals surface area contributed by atoms with Crippen molar-refractivity contribution in [3.63, 3.8) is 0 Å². The van der Waals surface area contributed by atoms with Crippen molar-refractivity contribution in [1.29, 1.82) is 0 Å². The first-order valence-electron chi connectivity index (χ1n) is 6.64. The first kappa shape index (κ1) is 15.0. The zero-order chi connectivity index (χ0) is 14.6. The smallest absolute Gasteiger partial charge is 0.148 e. The van der Waals surface area contributed by atoms with Gasteiger partial charge in [0, 0.05) is 19.1 Å². The van der Waals surface area contributed by atoms with E-state index in [4.69, 9.17) is 16.3 Å². The van der Waals surface area contributed by atoms with Crippen molar-refractivity contribution in [2.75, 3.05) is 13.7 Å². The van der Waals surface area contributed by atoms with Crippen molar-refractivity contribution in [3.05, 3.63) is 47.5 Å². The maximum absolute atomic E-state index is 5.96. The number of aromatic nitrogens is 3. The van der Waals surface area contributed by atoms with Gasteiger partial charge in [0.25, 0.3) is 0 Å². The molecule has 5 heteroatoms. The molecule has 4 nitrogen and oxygen atoms in total. The highest BCUT2D eigenvalue weighted by Gasteiger charge is 2.30. The summed E-state index contributed by atoms with van der Waals surface area (Å²) in [7, 11) is 1.69. The van der Waals surface area contributed by atoms with E-state index < -0.39 is 0 Å². The Balaban J connectivity index is 2.43. The van der Waals surface area contributed by atoms with E-state index in [1.165, 1.54) is 5.56 Å². The molecule has 2 aromatic rings. The minimum atomic E-state index is -0.230. The Morgan fingerprint density at radius 3 is 2.50 bits per heavy atom. The molecule has 0 aliphatic carbocycles. The molecule has 0 aliphatic rings. The molecule has 0 amide bonds. The Morgan fingerprint density at radius 1 is 1.20 bits per heavy atom. The number of halogens is 1. The summed E-state index contributed by atoms with van der Waals surface area (Å²) >= 11 is 5.96. The number of ether oxygens (including phenoxy) is 1. The number of hydrogen-bond donors (Lipinski definition) is 0. The average Bonchev–Trinajstić information content (AvgIpc) is 2.89. The van der Waals surface area contributed by atoms with Gasteiger partial charge in [-0.3, -0.25) is 0 Å². The number of benzene rings is 1. The molecule has 0 radical (unpaired) electrons. The first-order valence-corrected chi connectivity index (χ1v) is 7.17. The van der Waals surface area contributed by atoms with E-state index in [1.807, 2.05) is 18.2 Å². The topological polar surface area (TPSA) is 39.9 Å². The van der Waals surface area contributed by atoms with E-state index in [0.717, 1.165) is 11.6 Å². The second-order valence-corrected chi connectivity index (χ2v) is 5.48. The van der Waals surface area contributed by atoms with E-state index in [0.29, 0.717) is 19.0 Å². The summed E-state index contributed by atoms with van der Waals surface area (Å²) in [5.74, 6) is 2.04. The van der Waals surface area contributed by atoms with Crippen LogP contribution in [0.2, 0.25) is 0 Å². The van der Waals surface area contributed by atoms with E-state index in [2.05, 4.69) is 40.7 Å². The Kier molecular flexibility index (Phi) is 4.78. The van der Waals surface area contributed by atoms with Crippen LogP contribution in [0.25, 0.3) is 0 Å². The summed E-state index contributed by atoms with van der Waals surface area (Å²) in [6, 6.07) is 10.3. The SMILES string of the molecule is COCCn1c(CCl)nnc1C(C)(C)c1ccccc1. The van der Waals surface area contributed by atoms with Crippen LogP contribution in [0.3, 0.4) is 0 Å². The zero-order valence-corrected chi connectivity index (χ0v) is 12.9. The highest BCUT2D eigenvalue weighted by Crippen LogP contribution is 2.30. The monoisotopic (exact) mass is 293 g/mol. The van der Waals surface area contributed by atoms with Crippen molar-refractivity contribution in [1.82, 2.24) is 14.8 Å². The van der Waals surface area contributed by atoms with Crippen LogP contribution < -0.4 is 0 Å². The quantitative estimate of drug-likeness (QED) is 0.769. The van der Waals surface area contributed by atoms with E-state index in [9.17, 15) is 0 Å². The molecule has 0 saturated heterocycles. The molecule has 2 rings (SSSR count). The van der Waals surface area contributed by atoms with Gasteiger partial charge in [0.15, 0.2) is 0 Å². The average molecular weight is 294 g/mol. The molecule has 0 bridgehead atoms. The van der Waals surface area contributed by atoms with Gasteiger partial charge >= 0.3 is 0 Å². The lowest BCUT2D eigenvalue weighted by Crippen LogP contribution is -2.26. The number of hydrogen-bond acceptors (Lipinski definition) is 3. The van der Waals surface area contributed by atoms with E-state index in [1.54, 1.807) is 7.11 Å². The van der Waals surface area contributed by atoms with E-state index >= 15 is 0 Å². The normalized spacial score (nSPS) is 11.8. The highest BCUT2D eigenvalue weighted by atomic mass is 35.5. The summed E-state index contributed by atoms with van der Waals surface area (Å²) < 4.78 is 7.23. The molecular weight excluding hydrogens is 274 g/mol. The van der Waals surface area contributed by atoms with Gasteiger partial charge in [-0.1, -0.05) is 30.3 Å². The molecule has 0 aliphatic heterocycles. The molecular formula is C15H20ClN3O. The Hall–Kier alpha value is -1.39. The van der Waals surface area contributed by atoms with Crippen LogP contribution in [0.4, 0.5) is 0 Å². The maximum Gasteiger partial charge on any atom is 0.148 e. The Labute approximate surface area is 124 Å². The molecule has 0 fully saturated rings. The molecule has 1 aromatic carbocycles. The van der Waals surface area contributed by atoms with Gasteiger partial charge in [0.2, 0.25) is 0 Å². The minimum Gasteiger partial charge on any atom is -0.383 e. The maximum atomic E-state index is 5.96. The van der Waals surface area contributed by atoms with Crippen LogP contribution in [0.15, 0.2) is 30.3 Å². The fourth-order valence-corrected chi connectivity index (χ4v) is 2.50. The molecule has 0 spiro atoms. The largest absolute Gasteiger partial charge is 0.383 e. The summed E-state index contributed by atoms with van der Waals surface area (Å²) in [5.41, 5.74) is 0.971. The van der Waals surface area contributed by atoms with Crippen LogP contribution in [0, 0.1) is 0 Å². The van der Waals surface area contributed by atoms with Crippen molar-refractivity contribution in [2.24, 2.45) is 0 Å². The minimum absolute atomic E-state index is 0.230. The molecule has 0 saturated carbocycles. The third kappa shape index (κ3) is 2.86. The van der Waals surface area contributed by atoms with Gasteiger partial charge in [-0.15, -0.1) is 21.8 Å². The second-order valence-electron chi connectivity index (χ2n) is 5.21. The van der Waals surface area contributed by atoms with Crippen molar-refractivity contribution in [3.8, 4) is 0 Å². The van der Waals surface area contributed by atoms with E-state index in [-0.39, 0.29) is 5.41 Å². The van der Waals surface area contributed by atoms with Gasteiger partial charge in [-0.05, 0) is 19.4 Å². The fraction of sp³-hybridized carbons (Fsp3) is 0.467. The number of nitrogens with zero attached hydrogens (tertiary/aromatic N) is 3. The number of rotatable bonds is 6. The van der Waals surface area contributed by atoms with Crippen molar-refractivity contribution in [2.45, 2.75) is 31.7 Å². The van der Waals surface area contributed by atoms with Crippen molar-refractivity contribution >= 4 is 11.6 Å². The zero-order valence-electron chi connectivity index (χ0n) is 12.1. The molecule has 1 heterocycles. The van der Waals surface area contributed by atoms with Gasteiger partial charge in [-0.2, -0.15) is 0 Å². The van der Waals surface area contributed by atoms with Crippen LogP contribution in [0.1, 0.15) is 31.1 Å². The van der Waals surface area contributed by atoms with Crippen LogP contribution in [0.5, 0.6) is 0 Å². The standard InChI is InChI=1S/C15H20ClN3O/c1-15(2,12-7-5-4-6-8-12)14-18-17-13(11-16)19(14)9-10-20-3/h4-8H,9-11H2,1-3H3. The van der Waals surface area contributed by atoms with Gasteiger partial charge in [0.05, 0.1) is 12.5 Å². The first-order chi connectivity index (χ1) is 9.61. The summed E-state index contributed by atoms with van der Waals surface area (Å²) in [5, 5.41) is 8.57. The second kappa shape index (κ2) is 6.37. The lowest BCUT2D eigenvalue weighted by atomic mass is 9.83. The van der Waals surface area contributed by atoms with Crippen LogP contribution in [-0.4, -0.2) is 28.5 Å². The lowest BCUT2D eigenvalue weighted by molar-refractivity contribution is 0.184. The third-order valence-electron chi connectivity index (χ3n) is 3.52. The molecule has 0 unspecified atom stereocenters. The molecule has 108 valence electrons. The third-order valence-corrected chi connectivity index (χ3v) is 3.76. The predicted molar refractivity (Wildman–Crippen MR) is 80.0 cm³/mol. The lowest BCUT2D eigenvalue weighted by Gasteiger charge is -2.25. The molecule has 0 atom stereocenters. The Morgan fingerprint density at radius 2 is 1.90 bits per heavy atom. The summed E-state index contributed by atoms with van der Waals surface area (Å²) in [6.07, 6.45) is 0. The summed E-state index contributed by atoms with van der Waals surface area (Å²) in [6.45, 7) is 5.61. The fourth-order valence-electron chi connectivity index (χ4n) is 2.30. The Bertz CT molecular complexity index is 552. The number of alkyl halides is 1. The van der Waals surface area contributed by atoms with Crippen molar-refractivity contribution < 1.29 is 4.74 Å². The van der Waals surface area contributed by atoms with Gasteiger partial charge < -0.3 is 9.30 Å². The molecule has 0 N–H and O–H groups in total. The predicted octanol–water partition coefficient (Wildman–Crippen LogP) is 2.99. The van der Waals surface area contributed by atoms with Gasteiger partial charge in [0.1, 0.15) is 11.6 Å². The summed E-state index contributed by atoms with van der Waals surface area (Å²) in [4.78, 5) is 0. The van der Waals surface area contributed by atoms with Crippen LogP contribution >= 0.6 is 11.6 Å². The molecule has 1 aromatic heterocycles.